The summed E-state index contributed by atoms with van der Waals surface area (Å²) in [5, 5.41) is -0.788. The molecular weight excluding hydrogens is 618 g/mol. The van der Waals surface area contributed by atoms with E-state index in [-0.39, 0.29) is 0 Å². The predicted octanol–water partition coefficient (Wildman–Crippen LogP) is 9.79. The number of hydrogen-bond acceptors (Lipinski definition) is 1. The Morgan fingerprint density at radius 2 is 0.938 bits per heavy atom. The molecule has 0 unspecified atom stereocenters. The van der Waals surface area contributed by atoms with Crippen LogP contribution in [0.1, 0.15) is 27.8 Å². The third-order valence-electron chi connectivity index (χ3n) is 9.97. The molecule has 232 valence electrons. The molecule has 0 radical (unpaired) electrons. The Morgan fingerprint density at radius 3 is 1.44 bits per heavy atom. The van der Waals surface area contributed by atoms with E-state index in [9.17, 15) is 13.2 Å². The molecule has 2 atom stereocenters. The van der Waals surface area contributed by atoms with Crippen molar-refractivity contribution < 1.29 is 13.2 Å². The van der Waals surface area contributed by atoms with Gasteiger partial charge in [0, 0.05) is 11.0 Å². The molecule has 1 fully saturated rings. The fourth-order valence-corrected chi connectivity index (χ4v) is 8.87. The van der Waals surface area contributed by atoms with Gasteiger partial charge in [-0.2, -0.15) is 13.2 Å². The zero-order valence-electron chi connectivity index (χ0n) is 25.8. The van der Waals surface area contributed by atoms with Crippen molar-refractivity contribution in [2.75, 3.05) is 4.81 Å². The first kappa shape index (κ1) is 30.2. The lowest BCUT2D eigenvalue weighted by Gasteiger charge is -2.59. The van der Waals surface area contributed by atoms with E-state index in [1.807, 2.05) is 66.7 Å². The molecule has 2 aliphatic rings. The minimum absolute atomic E-state index is 0.409. The van der Waals surface area contributed by atoms with Crippen LogP contribution in [0.4, 0.5) is 18.9 Å². The van der Waals surface area contributed by atoms with Crippen molar-refractivity contribution in [1.82, 2.24) is 0 Å². The molecule has 0 amide bonds. The monoisotopic (exact) mass is 647 g/mol. The lowest BCUT2D eigenvalue weighted by Crippen LogP contribution is -2.66. The Morgan fingerprint density at radius 1 is 0.500 bits per heavy atom. The lowest BCUT2D eigenvalue weighted by molar-refractivity contribution is -0.137. The zero-order valence-corrected chi connectivity index (χ0v) is 26.6. The number of fused-ring (bicyclic) bond motifs is 1. The molecule has 6 aromatic carbocycles. The van der Waals surface area contributed by atoms with Crippen molar-refractivity contribution in [3.8, 4) is 0 Å². The maximum absolute atomic E-state index is 13.8. The van der Waals surface area contributed by atoms with Crippen LogP contribution in [-0.2, 0) is 16.9 Å². The Bertz CT molecular complexity index is 2120. The smallest absolute Gasteiger partial charge is 0.374 e. The van der Waals surface area contributed by atoms with Gasteiger partial charge in [-0.1, -0.05) is 169 Å². The highest BCUT2D eigenvalue weighted by molar-refractivity contribution is 7.81. The van der Waals surface area contributed by atoms with Gasteiger partial charge in [-0.25, -0.2) is 0 Å². The van der Waals surface area contributed by atoms with Gasteiger partial charge in [0.15, 0.2) is 0 Å². The van der Waals surface area contributed by atoms with Gasteiger partial charge < -0.3 is 4.81 Å². The highest BCUT2D eigenvalue weighted by Gasteiger charge is 2.79. The Balaban J connectivity index is 1.57. The van der Waals surface area contributed by atoms with Crippen LogP contribution in [0.2, 0.25) is 0 Å². The largest absolute Gasteiger partial charge is 0.416 e. The highest BCUT2D eigenvalue weighted by atomic mass is 32.1. The maximum atomic E-state index is 13.8. The first-order valence-corrected chi connectivity index (χ1v) is 16.3. The molecule has 1 heterocycles. The number of benzene rings is 6. The molecule has 8 rings (SSSR count). The molecular formula is C42H29BF3NS. The first-order chi connectivity index (χ1) is 23.4. The van der Waals surface area contributed by atoms with Gasteiger partial charge in [0.1, 0.15) is 0 Å². The van der Waals surface area contributed by atoms with Crippen LogP contribution in [0.15, 0.2) is 176 Å². The number of alkyl halides is 3. The van der Waals surface area contributed by atoms with Gasteiger partial charge in [0.2, 0.25) is 0 Å². The summed E-state index contributed by atoms with van der Waals surface area (Å²) in [4.78, 5) is 2.77. The summed E-state index contributed by atoms with van der Waals surface area (Å²) < 4.78 is 41.5. The number of allylic oxidation sites excluding steroid dienone is 1. The summed E-state index contributed by atoms with van der Waals surface area (Å²) in [6.45, 7) is -0.409. The molecule has 6 heteroatoms. The molecule has 0 aromatic heterocycles. The van der Waals surface area contributed by atoms with Crippen molar-refractivity contribution in [2.24, 2.45) is 0 Å². The van der Waals surface area contributed by atoms with Gasteiger partial charge in [-0.05, 0) is 57.7 Å². The summed E-state index contributed by atoms with van der Waals surface area (Å²) >= 11 is 6.77. The Hall–Kier alpha value is -5.20. The van der Waals surface area contributed by atoms with Crippen LogP contribution >= 0.6 is 12.2 Å². The van der Waals surface area contributed by atoms with Crippen molar-refractivity contribution in [1.29, 1.82) is 0 Å². The number of thiocarbonyl (C=S) groups is 1. The molecule has 0 saturated carbocycles. The van der Waals surface area contributed by atoms with Crippen LogP contribution in [0.3, 0.4) is 0 Å². The van der Waals surface area contributed by atoms with Crippen LogP contribution in [0.5, 0.6) is 0 Å². The number of hydrogen-bond donors (Lipinski definition) is 0. The quantitative estimate of drug-likeness (QED) is 0.131. The minimum atomic E-state index is -4.46. The predicted molar refractivity (Wildman–Crippen MR) is 194 cm³/mol. The molecule has 0 N–H and O–H groups in total. The fourth-order valence-electron chi connectivity index (χ4n) is 8.27. The minimum Gasteiger partial charge on any atom is -0.374 e. The average Bonchev–Trinajstić information content (AvgIpc) is 3.32. The summed E-state index contributed by atoms with van der Waals surface area (Å²) in [5.41, 5.74) is 6.55. The van der Waals surface area contributed by atoms with Gasteiger partial charge in [-0.15, -0.1) is 0 Å². The Kier molecular flexibility index (Phi) is 7.22. The van der Waals surface area contributed by atoms with E-state index in [4.69, 9.17) is 12.2 Å². The van der Waals surface area contributed by atoms with E-state index < -0.39 is 29.3 Å². The van der Waals surface area contributed by atoms with Gasteiger partial charge in [0.05, 0.1) is 16.0 Å². The topological polar surface area (TPSA) is 3.24 Å². The second-order valence-corrected chi connectivity index (χ2v) is 12.7. The number of rotatable bonds is 6. The van der Waals surface area contributed by atoms with Crippen LogP contribution in [0, 0.1) is 0 Å². The third-order valence-corrected chi connectivity index (χ3v) is 10.5. The Labute approximate surface area is 284 Å². The van der Waals surface area contributed by atoms with E-state index in [1.54, 1.807) is 12.1 Å². The van der Waals surface area contributed by atoms with Crippen LogP contribution < -0.4 is 10.3 Å². The van der Waals surface area contributed by atoms with E-state index in [0.29, 0.717) is 10.7 Å². The highest BCUT2D eigenvalue weighted by Crippen LogP contribution is 2.74. The maximum Gasteiger partial charge on any atom is 0.416 e. The van der Waals surface area contributed by atoms with E-state index >= 15 is 0 Å². The summed E-state index contributed by atoms with van der Waals surface area (Å²) in [7, 11) is 0. The molecule has 1 aliphatic carbocycles. The van der Waals surface area contributed by atoms with Gasteiger partial charge in [0.25, 0.3) is 0 Å². The molecule has 1 aliphatic heterocycles. The van der Waals surface area contributed by atoms with Crippen molar-refractivity contribution in [3.05, 3.63) is 204 Å². The number of anilines is 1. The van der Waals surface area contributed by atoms with E-state index in [0.717, 1.165) is 51.0 Å². The van der Waals surface area contributed by atoms with Crippen molar-refractivity contribution >= 4 is 46.4 Å². The van der Waals surface area contributed by atoms with Gasteiger partial charge >= 0.3 is 13.0 Å². The average molecular weight is 648 g/mol. The molecule has 1 nitrogen and oxygen atoms in total. The second-order valence-electron chi connectivity index (χ2n) is 12.3. The second kappa shape index (κ2) is 11.5. The summed E-state index contributed by atoms with van der Waals surface area (Å²) in [6, 6.07) is 57.4. The molecule has 0 spiro atoms. The first-order valence-electron chi connectivity index (χ1n) is 15.9. The van der Waals surface area contributed by atoms with Crippen LogP contribution in [0.25, 0.3) is 11.1 Å². The molecule has 1 saturated heterocycles. The summed E-state index contributed by atoms with van der Waals surface area (Å²) in [5.74, 6) is 0. The lowest BCUT2D eigenvalue weighted by atomic mass is 9.23. The van der Waals surface area contributed by atoms with E-state index in [2.05, 4.69) is 89.7 Å². The molecule has 0 bridgehead atoms. The number of halogens is 3. The number of nitrogens with zero attached hydrogens (tertiary/aromatic N) is 1. The van der Waals surface area contributed by atoms with Gasteiger partial charge in [-0.3, -0.25) is 0 Å². The van der Waals surface area contributed by atoms with Crippen molar-refractivity contribution in [2.45, 2.75) is 16.9 Å². The van der Waals surface area contributed by atoms with Crippen molar-refractivity contribution in [3.63, 3.8) is 0 Å². The molecule has 48 heavy (non-hydrogen) atoms. The SMILES string of the molecule is FC(F)(F)c1ccc(N2B(c3ccccc3)[C@]3(c4ccccc4)C(c4ccccc4)=C(c4ccccc4)[C@]3(c3ccccc3)C2=S)cc1. The fraction of sp³-hybridized carbons (Fsp3) is 0.0714. The van der Waals surface area contributed by atoms with E-state index in [1.165, 1.54) is 0 Å². The standard InChI is InChI=1S/C42H29BF3NS/c44-42(45,46)34-26-28-36(29-27-34)47-39(48)40(32-20-10-3-11-21-32)37(30-16-6-1-7-17-30)38(31-18-8-2-9-19-31)41(40,33-22-12-4-13-23-33)43(47)35-24-14-5-15-25-35/h1-29H/t40-,41-/m1/s1. The third kappa shape index (κ3) is 4.22. The van der Waals surface area contributed by atoms with Crippen LogP contribution in [-0.4, -0.2) is 11.8 Å². The molecule has 6 aromatic rings. The summed E-state index contributed by atoms with van der Waals surface area (Å²) in [6.07, 6.45) is -4.46. The zero-order chi connectivity index (χ0) is 32.9. The normalized spacial score (nSPS) is 20.4.